The zero-order valence-electron chi connectivity index (χ0n) is 22.7. The smallest absolute Gasteiger partial charge is 0.437 e. The van der Waals surface area contributed by atoms with Crippen molar-refractivity contribution in [2.75, 3.05) is 20.2 Å². The monoisotopic (exact) mass is 586 g/mol. The molecule has 4 N–H and O–H groups in total. The van der Waals surface area contributed by atoms with Crippen LogP contribution in [0, 0.1) is 10.8 Å². The number of aliphatic hydroxyl groups is 3. The van der Waals surface area contributed by atoms with Gasteiger partial charge in [0, 0.05) is 12.3 Å². The highest BCUT2D eigenvalue weighted by atomic mass is 31.2. The van der Waals surface area contributed by atoms with E-state index in [1.807, 2.05) is 0 Å². The molecule has 224 valence electrons. The Labute approximate surface area is 224 Å². The second-order valence-corrected chi connectivity index (χ2v) is 12.8. The summed E-state index contributed by atoms with van der Waals surface area (Å²) >= 11 is 0. The summed E-state index contributed by atoms with van der Waals surface area (Å²) in [5.74, 6) is -5.44. The van der Waals surface area contributed by atoms with Gasteiger partial charge in [0.1, 0.15) is 18.3 Å². The molecule has 0 aromatic rings. The molecule has 39 heavy (non-hydrogen) atoms. The van der Waals surface area contributed by atoms with Crippen LogP contribution in [0.2, 0.25) is 0 Å². The molecule has 17 heteroatoms. The van der Waals surface area contributed by atoms with E-state index in [-0.39, 0.29) is 0 Å². The van der Waals surface area contributed by atoms with E-state index in [9.17, 15) is 34.3 Å². The van der Waals surface area contributed by atoms with Crippen LogP contribution in [-0.4, -0.2) is 88.4 Å². The Bertz CT molecular complexity index is 973. The summed E-state index contributed by atoms with van der Waals surface area (Å²) in [6, 6.07) is 0. The van der Waals surface area contributed by atoms with E-state index in [4.69, 9.17) is 27.8 Å². The van der Waals surface area contributed by atoms with Gasteiger partial charge < -0.3 is 39.7 Å². The van der Waals surface area contributed by atoms with Crippen molar-refractivity contribution >= 4 is 25.7 Å². The Kier molecular flexibility index (Phi) is 9.95. The van der Waals surface area contributed by atoms with Crippen LogP contribution in [0.1, 0.15) is 48.5 Å². The minimum atomic E-state index is -4.87. The minimum Gasteiger partial charge on any atom is -0.437 e. The molecular formula is C22H36FN2O13P. The van der Waals surface area contributed by atoms with E-state index in [0.717, 1.165) is 24.1 Å². The largest absolute Gasteiger partial charge is 0.480 e. The quantitative estimate of drug-likeness (QED) is 0.157. The van der Waals surface area contributed by atoms with Gasteiger partial charge in [0.2, 0.25) is 25.8 Å². The van der Waals surface area contributed by atoms with Crippen molar-refractivity contribution in [3.05, 3.63) is 12.3 Å². The summed E-state index contributed by atoms with van der Waals surface area (Å²) in [5, 5.41) is 33.5. The number of amides is 1. The third kappa shape index (κ3) is 8.17. The average Bonchev–Trinajstić information content (AvgIpc) is 2.97. The maximum Gasteiger partial charge on any atom is 0.480 e. The lowest BCUT2D eigenvalue weighted by Gasteiger charge is -2.38. The van der Waals surface area contributed by atoms with Crippen LogP contribution in [-0.2, 0) is 46.7 Å². The lowest BCUT2D eigenvalue weighted by Crippen LogP contribution is -2.59. The molecule has 15 nitrogen and oxygen atoms in total. The minimum absolute atomic E-state index is 0.679. The van der Waals surface area contributed by atoms with E-state index >= 15 is 4.39 Å². The molecule has 1 amide bonds. The first-order valence-corrected chi connectivity index (χ1v) is 13.2. The van der Waals surface area contributed by atoms with Crippen LogP contribution in [0.25, 0.3) is 0 Å². The molecule has 5 unspecified atom stereocenters. The Morgan fingerprint density at radius 1 is 1.08 bits per heavy atom. The van der Waals surface area contributed by atoms with Crippen molar-refractivity contribution in [2.45, 2.75) is 78.6 Å². The number of alkyl halides is 1. The number of esters is 2. The fourth-order valence-corrected chi connectivity index (χ4v) is 4.03. The predicted octanol–water partition coefficient (Wildman–Crippen LogP) is 0.593. The second kappa shape index (κ2) is 11.7. The Morgan fingerprint density at radius 2 is 1.56 bits per heavy atom. The molecule has 0 radical (unpaired) electrons. The lowest BCUT2D eigenvalue weighted by molar-refractivity contribution is -0.228. The number of phosphoric ester groups is 1. The maximum absolute atomic E-state index is 15.8. The number of aliphatic hydroxyl groups excluding tert-OH is 2. The summed E-state index contributed by atoms with van der Waals surface area (Å²) < 4.78 is 58.7. The van der Waals surface area contributed by atoms with Crippen LogP contribution in [0.4, 0.5) is 4.39 Å². The molecule has 1 saturated heterocycles. The predicted molar refractivity (Wildman–Crippen MR) is 127 cm³/mol. The zero-order chi connectivity index (χ0) is 30.0. The van der Waals surface area contributed by atoms with Crippen LogP contribution >= 0.6 is 7.82 Å². The van der Waals surface area contributed by atoms with Gasteiger partial charge in [-0.1, -0.05) is 0 Å². The summed E-state index contributed by atoms with van der Waals surface area (Å²) in [5.41, 5.74) is -4.30. The molecule has 2 rings (SSSR count). The zero-order valence-corrected chi connectivity index (χ0v) is 23.6. The van der Waals surface area contributed by atoms with Crippen molar-refractivity contribution in [1.82, 2.24) is 10.2 Å². The van der Waals surface area contributed by atoms with Gasteiger partial charge >= 0.3 is 19.8 Å². The van der Waals surface area contributed by atoms with Crippen LogP contribution in [0.3, 0.4) is 0 Å². The third-order valence-electron chi connectivity index (χ3n) is 5.44. The number of carbonyl (C=O) groups is 3. The fourth-order valence-electron chi connectivity index (χ4n) is 3.11. The number of phosphoric acid groups is 1. The highest BCUT2D eigenvalue weighted by Gasteiger charge is 2.65. The normalized spacial score (nSPS) is 29.8. The first-order valence-electron chi connectivity index (χ1n) is 11.7. The summed E-state index contributed by atoms with van der Waals surface area (Å²) in [6.07, 6.45) is -3.90. The van der Waals surface area contributed by atoms with E-state index in [0.29, 0.717) is 0 Å². The lowest BCUT2D eigenvalue weighted by atomic mass is 9.95. The molecule has 5 atom stereocenters. The second-order valence-electron chi connectivity index (χ2n) is 11.1. The van der Waals surface area contributed by atoms with Crippen LogP contribution < -0.4 is 5.32 Å². The molecule has 0 aliphatic carbocycles. The van der Waals surface area contributed by atoms with Crippen molar-refractivity contribution in [3.63, 3.8) is 0 Å². The molecule has 2 heterocycles. The molecular weight excluding hydrogens is 550 g/mol. The van der Waals surface area contributed by atoms with Crippen molar-refractivity contribution in [2.24, 2.45) is 10.8 Å². The van der Waals surface area contributed by atoms with E-state index in [2.05, 4.69) is 5.32 Å². The average molecular weight is 587 g/mol. The summed E-state index contributed by atoms with van der Waals surface area (Å²) in [7, 11) is -4.87. The summed E-state index contributed by atoms with van der Waals surface area (Å²) in [4.78, 5) is 36.2. The van der Waals surface area contributed by atoms with E-state index in [1.165, 1.54) is 0 Å². The number of ether oxygens (including phenoxy) is 3. The molecule has 2 aliphatic rings. The topological polar surface area (TPSA) is 200 Å². The number of hydrogen-bond acceptors (Lipinski definition) is 14. The number of nitrogens with zero attached hydrogens (tertiary/aromatic N) is 1. The van der Waals surface area contributed by atoms with Gasteiger partial charge in [-0.25, -0.2) is 18.0 Å². The van der Waals surface area contributed by atoms with Gasteiger partial charge in [-0.05, 0) is 48.5 Å². The molecule has 0 aromatic carbocycles. The molecule has 1 fully saturated rings. The van der Waals surface area contributed by atoms with Gasteiger partial charge in [0.25, 0.3) is 5.85 Å². The molecule has 0 aromatic heterocycles. The van der Waals surface area contributed by atoms with Crippen molar-refractivity contribution in [1.29, 1.82) is 0 Å². The SMILES string of the molecule is CC(C)(C)C(=O)OCOP(=O)(OCOC(=O)C(C)(C)C)OCC1(F)OC(N2C=CC(=O)NC2O)C(C)(O)C1O. The Hall–Kier alpha value is -2.17. The van der Waals surface area contributed by atoms with Gasteiger partial charge in [-0.15, -0.1) is 0 Å². The summed E-state index contributed by atoms with van der Waals surface area (Å²) in [6.45, 7) is 6.95. The first-order chi connectivity index (χ1) is 17.6. The number of carbonyl (C=O) groups excluding carboxylic acids is 3. The number of nitrogens with one attached hydrogen (secondary N) is 1. The van der Waals surface area contributed by atoms with Gasteiger partial charge in [0.15, 0.2) is 6.23 Å². The van der Waals surface area contributed by atoms with Gasteiger partial charge in [0.05, 0.1) is 10.8 Å². The number of hydrogen-bond donors (Lipinski definition) is 4. The van der Waals surface area contributed by atoms with Crippen LogP contribution in [0.5, 0.6) is 0 Å². The molecule has 0 spiro atoms. The third-order valence-corrected chi connectivity index (χ3v) is 6.73. The fraction of sp³-hybridized carbons (Fsp3) is 0.773. The van der Waals surface area contributed by atoms with Gasteiger partial charge in [-0.2, -0.15) is 0 Å². The van der Waals surface area contributed by atoms with E-state index in [1.54, 1.807) is 41.5 Å². The maximum atomic E-state index is 15.8. The van der Waals surface area contributed by atoms with Crippen molar-refractivity contribution in [3.8, 4) is 0 Å². The molecule has 2 aliphatic heterocycles. The molecule has 0 saturated carbocycles. The van der Waals surface area contributed by atoms with Crippen LogP contribution in [0.15, 0.2) is 12.3 Å². The highest BCUT2D eigenvalue weighted by Crippen LogP contribution is 2.52. The Balaban J connectivity index is 2.17. The van der Waals surface area contributed by atoms with E-state index < -0.39 is 86.8 Å². The molecule has 0 bridgehead atoms. The number of rotatable bonds is 10. The highest BCUT2D eigenvalue weighted by molar-refractivity contribution is 7.48. The first kappa shape index (κ1) is 33.0. The Morgan fingerprint density at radius 3 is 2.00 bits per heavy atom. The standard InChI is InChI=1S/C22H36FN2O13P/c1-19(2,3)16(28)33-11-36-39(32,37-12-34-17(29)20(4,5)6)35-10-22(23)14(27)21(7,31)15(38-22)25-9-8-13(26)24-18(25)30/h8-9,14-15,18,27,30-31H,10-12H2,1-7H3,(H,24,26). The van der Waals surface area contributed by atoms with Gasteiger partial charge in [-0.3, -0.25) is 18.9 Å². The van der Waals surface area contributed by atoms with Crippen molar-refractivity contribution < 1.29 is 66.4 Å². The number of halogens is 1.